The van der Waals surface area contributed by atoms with Crippen LogP contribution in [0.3, 0.4) is 0 Å². The molecular weight excluding hydrogens is 200 g/mol. The zero-order chi connectivity index (χ0) is 12.0. The maximum atomic E-state index is 11.5. The molecule has 0 aliphatic rings. The van der Waals surface area contributed by atoms with Gasteiger partial charge < -0.3 is 0 Å². The largest absolute Gasteiger partial charge is 0.300 e. The van der Waals surface area contributed by atoms with E-state index in [9.17, 15) is 4.79 Å². The minimum atomic E-state index is 0.365. The average Bonchev–Trinajstić information content (AvgIpc) is 2.69. The third kappa shape index (κ3) is 3.47. The molecule has 0 spiro atoms. The number of rotatable bonds is 7. The van der Waals surface area contributed by atoms with Crippen molar-refractivity contribution in [2.75, 3.05) is 0 Å². The summed E-state index contributed by atoms with van der Waals surface area (Å²) in [4.78, 5) is 11.5. The second-order valence-electron chi connectivity index (χ2n) is 4.09. The van der Waals surface area contributed by atoms with Gasteiger partial charge in [0.25, 0.3) is 0 Å². The standard InChI is InChI=1S/C13H22N2O/c1-4-7-13(16)9-8-12-10-11(5-2)14-15(12)6-3/h10H,4-9H2,1-3H3. The Bertz CT molecular complexity index is 342. The second-order valence-corrected chi connectivity index (χ2v) is 4.09. The third-order valence-corrected chi connectivity index (χ3v) is 2.76. The number of hydrogen-bond donors (Lipinski definition) is 0. The van der Waals surface area contributed by atoms with Gasteiger partial charge in [-0.3, -0.25) is 9.48 Å². The SMILES string of the molecule is CCCC(=O)CCc1cc(CC)nn1CC. The van der Waals surface area contributed by atoms with E-state index >= 15 is 0 Å². The van der Waals surface area contributed by atoms with Gasteiger partial charge in [0.15, 0.2) is 0 Å². The summed E-state index contributed by atoms with van der Waals surface area (Å²) >= 11 is 0. The first-order valence-corrected chi connectivity index (χ1v) is 6.28. The van der Waals surface area contributed by atoms with Crippen LogP contribution in [-0.4, -0.2) is 15.6 Å². The molecule has 0 fully saturated rings. The molecule has 0 N–H and O–H groups in total. The van der Waals surface area contributed by atoms with E-state index < -0.39 is 0 Å². The number of carbonyl (C=O) groups excluding carboxylic acids is 1. The van der Waals surface area contributed by atoms with E-state index in [-0.39, 0.29) is 0 Å². The van der Waals surface area contributed by atoms with Crippen molar-refractivity contribution in [1.29, 1.82) is 0 Å². The summed E-state index contributed by atoms with van der Waals surface area (Å²) in [6, 6.07) is 2.13. The number of nitrogens with zero attached hydrogens (tertiary/aromatic N) is 2. The summed E-state index contributed by atoms with van der Waals surface area (Å²) in [5.74, 6) is 0.365. The van der Waals surface area contributed by atoms with Gasteiger partial charge in [-0.2, -0.15) is 5.10 Å². The monoisotopic (exact) mass is 222 g/mol. The fraction of sp³-hybridized carbons (Fsp3) is 0.692. The highest BCUT2D eigenvalue weighted by atomic mass is 16.1. The van der Waals surface area contributed by atoms with Crippen molar-refractivity contribution in [1.82, 2.24) is 9.78 Å². The van der Waals surface area contributed by atoms with Gasteiger partial charge in [-0.05, 0) is 32.3 Å². The van der Waals surface area contributed by atoms with Crippen molar-refractivity contribution in [3.8, 4) is 0 Å². The first-order valence-electron chi connectivity index (χ1n) is 6.28. The molecular formula is C13H22N2O. The normalized spacial score (nSPS) is 10.7. The summed E-state index contributed by atoms with van der Waals surface area (Å²) in [5.41, 5.74) is 2.32. The number of aryl methyl sites for hydroxylation is 3. The van der Waals surface area contributed by atoms with Crippen molar-refractivity contribution < 1.29 is 4.79 Å². The Morgan fingerprint density at radius 1 is 1.31 bits per heavy atom. The fourth-order valence-corrected chi connectivity index (χ4v) is 1.83. The Balaban J connectivity index is 2.58. The minimum absolute atomic E-state index is 0.365. The highest BCUT2D eigenvalue weighted by Gasteiger charge is 2.07. The molecule has 0 bridgehead atoms. The second kappa shape index (κ2) is 6.46. The Morgan fingerprint density at radius 2 is 2.06 bits per heavy atom. The van der Waals surface area contributed by atoms with Crippen molar-refractivity contribution in [2.45, 2.75) is 59.4 Å². The number of ketones is 1. The summed E-state index contributed by atoms with van der Waals surface area (Å²) < 4.78 is 2.01. The van der Waals surface area contributed by atoms with Crippen LogP contribution in [0.4, 0.5) is 0 Å². The lowest BCUT2D eigenvalue weighted by molar-refractivity contribution is -0.119. The van der Waals surface area contributed by atoms with Crippen molar-refractivity contribution in [2.24, 2.45) is 0 Å². The van der Waals surface area contributed by atoms with Crippen molar-refractivity contribution >= 4 is 5.78 Å². The van der Waals surface area contributed by atoms with Crippen LogP contribution in [0.25, 0.3) is 0 Å². The first-order chi connectivity index (χ1) is 7.71. The zero-order valence-electron chi connectivity index (χ0n) is 10.6. The smallest absolute Gasteiger partial charge is 0.133 e. The lowest BCUT2D eigenvalue weighted by Crippen LogP contribution is -2.06. The quantitative estimate of drug-likeness (QED) is 0.711. The number of Topliss-reactive ketones (excluding diaryl/α,β-unsaturated/α-hetero) is 1. The minimum Gasteiger partial charge on any atom is -0.300 e. The van der Waals surface area contributed by atoms with Gasteiger partial charge in [-0.15, -0.1) is 0 Å². The molecule has 0 unspecified atom stereocenters. The zero-order valence-corrected chi connectivity index (χ0v) is 10.6. The molecule has 0 saturated heterocycles. The van der Waals surface area contributed by atoms with Gasteiger partial charge >= 0.3 is 0 Å². The molecule has 0 aliphatic carbocycles. The maximum Gasteiger partial charge on any atom is 0.133 e. The van der Waals surface area contributed by atoms with Gasteiger partial charge in [-0.1, -0.05) is 13.8 Å². The number of hydrogen-bond acceptors (Lipinski definition) is 2. The van der Waals surface area contributed by atoms with Crippen LogP contribution in [0.1, 0.15) is 51.4 Å². The Hall–Kier alpha value is -1.12. The molecule has 1 rings (SSSR count). The van der Waals surface area contributed by atoms with Gasteiger partial charge in [0.1, 0.15) is 5.78 Å². The highest BCUT2D eigenvalue weighted by molar-refractivity contribution is 5.78. The predicted molar refractivity (Wildman–Crippen MR) is 65.5 cm³/mol. The summed E-state index contributed by atoms with van der Waals surface area (Å²) in [5, 5.41) is 4.48. The molecule has 1 aromatic heterocycles. The Kier molecular flexibility index (Phi) is 5.23. The average molecular weight is 222 g/mol. The van der Waals surface area contributed by atoms with Crippen LogP contribution in [0, 0.1) is 0 Å². The number of aromatic nitrogens is 2. The molecule has 0 aromatic carbocycles. The van der Waals surface area contributed by atoms with Gasteiger partial charge in [0.2, 0.25) is 0 Å². The van der Waals surface area contributed by atoms with E-state index in [1.54, 1.807) is 0 Å². The van der Waals surface area contributed by atoms with E-state index in [0.717, 1.165) is 31.5 Å². The topological polar surface area (TPSA) is 34.9 Å². The van der Waals surface area contributed by atoms with Crippen LogP contribution in [0.15, 0.2) is 6.07 Å². The molecule has 0 aliphatic heterocycles. The summed E-state index contributed by atoms with van der Waals surface area (Å²) in [7, 11) is 0. The van der Waals surface area contributed by atoms with Gasteiger partial charge in [-0.25, -0.2) is 0 Å². The highest BCUT2D eigenvalue weighted by Crippen LogP contribution is 2.09. The third-order valence-electron chi connectivity index (χ3n) is 2.76. The van der Waals surface area contributed by atoms with E-state index in [2.05, 4.69) is 25.0 Å². The molecule has 0 atom stereocenters. The maximum absolute atomic E-state index is 11.5. The van der Waals surface area contributed by atoms with Crippen molar-refractivity contribution in [3.05, 3.63) is 17.5 Å². The van der Waals surface area contributed by atoms with Gasteiger partial charge in [0.05, 0.1) is 5.69 Å². The van der Waals surface area contributed by atoms with E-state index in [1.165, 1.54) is 5.69 Å². The molecule has 3 nitrogen and oxygen atoms in total. The molecule has 16 heavy (non-hydrogen) atoms. The van der Waals surface area contributed by atoms with Crippen molar-refractivity contribution in [3.63, 3.8) is 0 Å². The molecule has 1 heterocycles. The van der Waals surface area contributed by atoms with Crippen LogP contribution in [0.5, 0.6) is 0 Å². The summed E-state index contributed by atoms with van der Waals surface area (Å²) in [6.07, 6.45) is 4.11. The van der Waals surface area contributed by atoms with Crippen LogP contribution >= 0.6 is 0 Å². The molecule has 3 heteroatoms. The van der Waals surface area contributed by atoms with Crippen LogP contribution < -0.4 is 0 Å². The van der Waals surface area contributed by atoms with Gasteiger partial charge in [0, 0.05) is 25.1 Å². The fourth-order valence-electron chi connectivity index (χ4n) is 1.83. The number of carbonyl (C=O) groups is 1. The predicted octanol–water partition coefficient (Wildman–Crippen LogP) is 2.77. The lowest BCUT2D eigenvalue weighted by Gasteiger charge is -2.03. The van der Waals surface area contributed by atoms with Crippen LogP contribution in [-0.2, 0) is 24.2 Å². The molecule has 0 amide bonds. The summed E-state index contributed by atoms with van der Waals surface area (Å²) in [6.45, 7) is 7.12. The Labute approximate surface area is 97.8 Å². The molecule has 90 valence electrons. The van der Waals surface area contributed by atoms with E-state index in [4.69, 9.17) is 0 Å². The van der Waals surface area contributed by atoms with E-state index in [0.29, 0.717) is 18.6 Å². The Morgan fingerprint density at radius 3 is 2.62 bits per heavy atom. The molecule has 0 saturated carbocycles. The molecule has 1 aromatic rings. The van der Waals surface area contributed by atoms with Crippen LogP contribution in [0.2, 0.25) is 0 Å². The van der Waals surface area contributed by atoms with E-state index in [1.807, 2.05) is 11.6 Å². The molecule has 0 radical (unpaired) electrons. The lowest BCUT2D eigenvalue weighted by atomic mass is 10.1. The first kappa shape index (κ1) is 12.9.